The summed E-state index contributed by atoms with van der Waals surface area (Å²) in [6.07, 6.45) is 8.44. The van der Waals surface area contributed by atoms with Gasteiger partial charge < -0.3 is 4.90 Å². The Morgan fingerprint density at radius 1 is 1.16 bits per heavy atom. The molecule has 1 amide bonds. The number of hydrogen-bond acceptors (Lipinski definition) is 2. The molecule has 0 spiro atoms. The highest BCUT2D eigenvalue weighted by Gasteiger charge is 2.25. The minimum Gasteiger partial charge on any atom is -0.342 e. The van der Waals surface area contributed by atoms with Gasteiger partial charge in [0.05, 0.1) is 6.54 Å². The van der Waals surface area contributed by atoms with Crippen molar-refractivity contribution in [2.75, 3.05) is 26.7 Å². The topological polar surface area (TPSA) is 23.6 Å². The lowest BCUT2D eigenvalue weighted by Gasteiger charge is -2.34. The number of likely N-dealkylation sites (N-methyl/N-ethyl adjacent to an activating group) is 1. The van der Waals surface area contributed by atoms with Crippen LogP contribution < -0.4 is 0 Å². The zero-order valence-electron chi connectivity index (χ0n) is 12.5. The Balaban J connectivity index is 2.46. The molecule has 0 aliphatic heterocycles. The van der Waals surface area contributed by atoms with Crippen molar-refractivity contribution in [3.05, 3.63) is 25.3 Å². The van der Waals surface area contributed by atoms with Crippen molar-refractivity contribution in [1.29, 1.82) is 0 Å². The number of rotatable bonds is 7. The van der Waals surface area contributed by atoms with E-state index in [-0.39, 0.29) is 5.91 Å². The molecule has 0 radical (unpaired) electrons. The highest BCUT2D eigenvalue weighted by Crippen LogP contribution is 2.26. The van der Waals surface area contributed by atoms with Crippen molar-refractivity contribution in [3.63, 3.8) is 0 Å². The van der Waals surface area contributed by atoms with E-state index in [1.54, 1.807) is 0 Å². The predicted molar refractivity (Wildman–Crippen MR) is 81.0 cm³/mol. The number of carbonyl (C=O) groups is 1. The number of hydrogen-bond donors (Lipinski definition) is 0. The number of nitrogens with zero attached hydrogens (tertiary/aromatic N) is 2. The number of amides is 1. The Morgan fingerprint density at radius 3 is 2.16 bits per heavy atom. The van der Waals surface area contributed by atoms with Gasteiger partial charge in [-0.25, -0.2) is 0 Å². The molecule has 0 bridgehead atoms. The fourth-order valence-corrected chi connectivity index (χ4v) is 2.71. The van der Waals surface area contributed by atoms with Gasteiger partial charge in [0.2, 0.25) is 5.91 Å². The fraction of sp³-hybridized carbons (Fsp3) is 0.688. The van der Waals surface area contributed by atoms with Crippen molar-refractivity contribution < 1.29 is 4.79 Å². The van der Waals surface area contributed by atoms with Crippen molar-refractivity contribution in [3.8, 4) is 0 Å². The lowest BCUT2D eigenvalue weighted by Crippen LogP contribution is -2.44. The summed E-state index contributed by atoms with van der Waals surface area (Å²) in [4.78, 5) is 16.3. The van der Waals surface area contributed by atoms with E-state index in [9.17, 15) is 4.79 Å². The van der Waals surface area contributed by atoms with Gasteiger partial charge >= 0.3 is 0 Å². The van der Waals surface area contributed by atoms with Crippen LogP contribution >= 0.6 is 0 Å². The third kappa shape index (κ3) is 5.19. The predicted octanol–water partition coefficient (Wildman–Crippen LogP) is 2.70. The zero-order valence-corrected chi connectivity index (χ0v) is 12.5. The van der Waals surface area contributed by atoms with Gasteiger partial charge in [0.25, 0.3) is 0 Å². The van der Waals surface area contributed by atoms with Gasteiger partial charge in [-0.1, -0.05) is 19.1 Å². The van der Waals surface area contributed by atoms with Gasteiger partial charge in [-0.05, 0) is 31.6 Å². The average Bonchev–Trinajstić information content (AvgIpc) is 2.39. The molecule has 1 rings (SSSR count). The first-order valence-corrected chi connectivity index (χ1v) is 7.28. The minimum absolute atomic E-state index is 0.211. The smallest absolute Gasteiger partial charge is 0.236 e. The van der Waals surface area contributed by atoms with Crippen LogP contribution in [0.4, 0.5) is 0 Å². The van der Waals surface area contributed by atoms with E-state index < -0.39 is 0 Å². The van der Waals surface area contributed by atoms with Crippen molar-refractivity contribution in [2.24, 2.45) is 5.92 Å². The summed E-state index contributed by atoms with van der Waals surface area (Å²) in [5.74, 6) is 1.03. The van der Waals surface area contributed by atoms with Crippen molar-refractivity contribution in [1.82, 2.24) is 9.80 Å². The second-order valence-corrected chi connectivity index (χ2v) is 5.69. The Bertz CT molecular complexity index is 296. The van der Waals surface area contributed by atoms with Crippen LogP contribution in [0.2, 0.25) is 0 Å². The normalized spacial score (nSPS) is 23.1. The monoisotopic (exact) mass is 264 g/mol. The molecule has 0 aromatic rings. The van der Waals surface area contributed by atoms with E-state index in [0.29, 0.717) is 12.6 Å². The molecule has 0 aromatic heterocycles. The summed E-state index contributed by atoms with van der Waals surface area (Å²) in [6, 6.07) is 0.429. The van der Waals surface area contributed by atoms with E-state index in [1.165, 1.54) is 12.8 Å². The van der Waals surface area contributed by atoms with E-state index in [1.807, 2.05) is 24.1 Å². The summed E-state index contributed by atoms with van der Waals surface area (Å²) < 4.78 is 0. The van der Waals surface area contributed by atoms with E-state index in [2.05, 4.69) is 25.0 Å². The van der Waals surface area contributed by atoms with E-state index >= 15 is 0 Å². The molecule has 0 aromatic carbocycles. The highest BCUT2D eigenvalue weighted by molar-refractivity contribution is 5.78. The quantitative estimate of drug-likeness (QED) is 0.660. The summed E-state index contributed by atoms with van der Waals surface area (Å²) in [5.41, 5.74) is 0. The largest absolute Gasteiger partial charge is 0.342 e. The first-order chi connectivity index (χ1) is 9.08. The molecule has 1 aliphatic carbocycles. The zero-order chi connectivity index (χ0) is 14.3. The first kappa shape index (κ1) is 16.0. The maximum Gasteiger partial charge on any atom is 0.236 e. The van der Waals surface area contributed by atoms with Crippen LogP contribution in [0.1, 0.15) is 32.6 Å². The van der Waals surface area contributed by atoms with Crippen LogP contribution in [-0.2, 0) is 4.79 Å². The van der Waals surface area contributed by atoms with Gasteiger partial charge in [-0.3, -0.25) is 9.69 Å². The van der Waals surface area contributed by atoms with Crippen LogP contribution in [0.15, 0.2) is 25.3 Å². The minimum atomic E-state index is 0.211. The van der Waals surface area contributed by atoms with Gasteiger partial charge in [0.15, 0.2) is 0 Å². The standard InChI is InChI=1S/C16H28N2O/c1-5-11-18(12-6-2)13-16(19)17(4)15-9-7-14(3)8-10-15/h5-6,14-15H,1-2,7-13H2,3-4H3. The first-order valence-electron chi connectivity index (χ1n) is 7.28. The maximum absolute atomic E-state index is 12.3. The van der Waals surface area contributed by atoms with Crippen LogP contribution in [-0.4, -0.2) is 48.4 Å². The van der Waals surface area contributed by atoms with Gasteiger partial charge in [-0.15, -0.1) is 13.2 Å². The van der Waals surface area contributed by atoms with Crippen LogP contribution in [0, 0.1) is 5.92 Å². The molecule has 3 nitrogen and oxygen atoms in total. The lowest BCUT2D eigenvalue weighted by molar-refractivity contribution is -0.133. The van der Waals surface area contributed by atoms with E-state index in [4.69, 9.17) is 0 Å². The van der Waals surface area contributed by atoms with Gasteiger partial charge in [-0.2, -0.15) is 0 Å². The molecule has 0 atom stereocenters. The molecule has 19 heavy (non-hydrogen) atoms. The molecule has 108 valence electrons. The van der Waals surface area contributed by atoms with Crippen LogP contribution in [0.25, 0.3) is 0 Å². The Labute approximate surface area is 118 Å². The molecule has 1 saturated carbocycles. The molecule has 0 N–H and O–H groups in total. The van der Waals surface area contributed by atoms with Crippen LogP contribution in [0.5, 0.6) is 0 Å². The second kappa shape index (κ2) is 8.16. The molecular weight excluding hydrogens is 236 g/mol. The SMILES string of the molecule is C=CCN(CC=C)CC(=O)N(C)C1CCC(C)CC1. The summed E-state index contributed by atoms with van der Waals surface area (Å²) in [7, 11) is 1.95. The fourth-order valence-electron chi connectivity index (χ4n) is 2.71. The Hall–Kier alpha value is -1.09. The van der Waals surface area contributed by atoms with Crippen LogP contribution in [0.3, 0.4) is 0 Å². The highest BCUT2D eigenvalue weighted by atomic mass is 16.2. The molecule has 1 aliphatic rings. The third-order valence-corrected chi connectivity index (χ3v) is 4.06. The molecule has 1 fully saturated rings. The summed E-state index contributed by atoms with van der Waals surface area (Å²) >= 11 is 0. The lowest BCUT2D eigenvalue weighted by atomic mass is 9.87. The summed E-state index contributed by atoms with van der Waals surface area (Å²) in [5, 5.41) is 0. The number of carbonyl (C=O) groups excluding carboxylic acids is 1. The van der Waals surface area contributed by atoms with Crippen molar-refractivity contribution >= 4 is 5.91 Å². The average molecular weight is 264 g/mol. The third-order valence-electron chi connectivity index (χ3n) is 4.06. The molecule has 3 heteroatoms. The molecule has 0 heterocycles. The van der Waals surface area contributed by atoms with Crippen molar-refractivity contribution in [2.45, 2.75) is 38.6 Å². The molecular formula is C16H28N2O. The second-order valence-electron chi connectivity index (χ2n) is 5.69. The van der Waals surface area contributed by atoms with E-state index in [0.717, 1.165) is 31.8 Å². The maximum atomic E-state index is 12.3. The summed E-state index contributed by atoms with van der Waals surface area (Å²) in [6.45, 7) is 11.7. The Morgan fingerprint density at radius 2 is 1.68 bits per heavy atom. The molecule has 0 saturated heterocycles. The van der Waals surface area contributed by atoms with Gasteiger partial charge in [0, 0.05) is 26.2 Å². The van der Waals surface area contributed by atoms with Gasteiger partial charge in [0.1, 0.15) is 0 Å². The molecule has 0 unspecified atom stereocenters. The Kier molecular flexibility index (Phi) is 6.85.